The zero-order valence-electron chi connectivity index (χ0n) is 11.7. The van der Waals surface area contributed by atoms with Crippen molar-refractivity contribution in [1.82, 2.24) is 10.2 Å². The molecular weight excluding hydrogens is 288 g/mol. The molecule has 1 atom stereocenters. The number of halogens is 4. The van der Waals surface area contributed by atoms with Crippen LogP contribution in [0.4, 0.5) is 17.6 Å². The van der Waals surface area contributed by atoms with Crippen LogP contribution in [0.3, 0.4) is 0 Å². The third kappa shape index (κ3) is 3.20. The van der Waals surface area contributed by atoms with Crippen molar-refractivity contribution in [1.29, 1.82) is 0 Å². The van der Waals surface area contributed by atoms with Crippen molar-refractivity contribution in [3.8, 4) is 0 Å². The highest BCUT2D eigenvalue weighted by atomic mass is 19.3. The van der Waals surface area contributed by atoms with Crippen molar-refractivity contribution < 1.29 is 22.7 Å². The number of nitrogens with one attached hydrogen (secondary N) is 1. The summed E-state index contributed by atoms with van der Waals surface area (Å²) in [7, 11) is 0. The van der Waals surface area contributed by atoms with Gasteiger partial charge in [0.2, 0.25) is 0 Å². The van der Waals surface area contributed by atoms with E-state index in [-0.39, 0.29) is 18.7 Å². The summed E-state index contributed by atoms with van der Waals surface area (Å²) in [5, 5.41) is 12.0. The Kier molecular flexibility index (Phi) is 4.85. The molecule has 0 bridgehead atoms. The fraction of sp³-hybridized carbons (Fsp3) is 0.571. The molecule has 2 N–H and O–H groups in total. The highest BCUT2D eigenvalue weighted by molar-refractivity contribution is 5.29. The van der Waals surface area contributed by atoms with Gasteiger partial charge >= 0.3 is 0 Å². The maximum Gasteiger partial charge on any atom is 0.290 e. The third-order valence-electron chi connectivity index (χ3n) is 3.73. The normalized spacial score (nSPS) is 18.8. The Balaban J connectivity index is 2.47. The Labute approximate surface area is 120 Å². The van der Waals surface area contributed by atoms with E-state index < -0.39 is 35.8 Å². The molecule has 0 aromatic heterocycles. The average molecular weight is 306 g/mol. The van der Waals surface area contributed by atoms with Crippen LogP contribution in [-0.4, -0.2) is 48.7 Å². The molecule has 0 aliphatic carbocycles. The van der Waals surface area contributed by atoms with Crippen molar-refractivity contribution in [2.24, 2.45) is 0 Å². The van der Waals surface area contributed by atoms with Gasteiger partial charge in [-0.2, -0.15) is 0 Å². The molecule has 1 aliphatic heterocycles. The van der Waals surface area contributed by atoms with Crippen molar-refractivity contribution in [2.45, 2.75) is 18.9 Å². The summed E-state index contributed by atoms with van der Waals surface area (Å²) in [6.45, 7) is 1.45. The van der Waals surface area contributed by atoms with Gasteiger partial charge in [0, 0.05) is 31.7 Å². The zero-order valence-corrected chi connectivity index (χ0v) is 11.7. The molecule has 0 spiro atoms. The molecule has 2 rings (SSSR count). The van der Waals surface area contributed by atoms with Crippen molar-refractivity contribution >= 4 is 0 Å². The number of piperazine rings is 1. The lowest BCUT2D eigenvalue weighted by molar-refractivity contribution is -0.119. The fourth-order valence-corrected chi connectivity index (χ4v) is 2.59. The number of benzene rings is 1. The van der Waals surface area contributed by atoms with E-state index in [0.717, 1.165) is 0 Å². The molecule has 1 aliphatic rings. The van der Waals surface area contributed by atoms with E-state index in [1.807, 2.05) is 0 Å². The molecule has 118 valence electrons. The summed E-state index contributed by atoms with van der Waals surface area (Å²) >= 11 is 0. The summed E-state index contributed by atoms with van der Waals surface area (Å²) in [5.41, 5.74) is -0.360. The van der Waals surface area contributed by atoms with Gasteiger partial charge < -0.3 is 10.4 Å². The van der Waals surface area contributed by atoms with Crippen molar-refractivity contribution in [3.05, 3.63) is 34.9 Å². The molecule has 21 heavy (non-hydrogen) atoms. The molecule has 1 heterocycles. The molecule has 1 aromatic carbocycles. The SMILES string of the molecule is Cc1ccc([C@@H](N2CCNCC2)C(F)(F)CO)c(F)c1F. The van der Waals surface area contributed by atoms with Crippen LogP contribution in [-0.2, 0) is 0 Å². The predicted molar refractivity (Wildman–Crippen MR) is 70.3 cm³/mol. The summed E-state index contributed by atoms with van der Waals surface area (Å²) < 4.78 is 56.0. The first kappa shape index (κ1) is 16.2. The number of rotatable bonds is 4. The Hall–Kier alpha value is -1.18. The number of aryl methyl sites for hydroxylation is 1. The Morgan fingerprint density at radius 2 is 1.86 bits per heavy atom. The molecule has 0 unspecified atom stereocenters. The van der Waals surface area contributed by atoms with Crippen LogP contribution in [0.1, 0.15) is 17.2 Å². The lowest BCUT2D eigenvalue weighted by Gasteiger charge is -2.38. The van der Waals surface area contributed by atoms with Crippen LogP contribution in [0.5, 0.6) is 0 Å². The largest absolute Gasteiger partial charge is 0.390 e. The first-order valence-electron chi connectivity index (χ1n) is 6.76. The number of nitrogens with zero attached hydrogens (tertiary/aromatic N) is 1. The molecule has 1 aromatic rings. The van der Waals surface area contributed by atoms with Gasteiger partial charge in [-0.25, -0.2) is 17.6 Å². The van der Waals surface area contributed by atoms with Gasteiger partial charge in [0.1, 0.15) is 12.6 Å². The second-order valence-corrected chi connectivity index (χ2v) is 5.21. The third-order valence-corrected chi connectivity index (χ3v) is 3.73. The molecule has 1 saturated heterocycles. The van der Waals surface area contributed by atoms with E-state index in [2.05, 4.69) is 5.32 Å². The summed E-state index contributed by atoms with van der Waals surface area (Å²) in [6.07, 6.45) is 0. The monoisotopic (exact) mass is 306 g/mol. The first-order chi connectivity index (χ1) is 9.88. The van der Waals surface area contributed by atoms with Crippen molar-refractivity contribution in [2.75, 3.05) is 32.8 Å². The van der Waals surface area contributed by atoms with E-state index >= 15 is 0 Å². The maximum atomic E-state index is 14.1. The topological polar surface area (TPSA) is 35.5 Å². The number of aliphatic hydroxyl groups is 1. The smallest absolute Gasteiger partial charge is 0.290 e. The highest BCUT2D eigenvalue weighted by Gasteiger charge is 2.45. The summed E-state index contributed by atoms with van der Waals surface area (Å²) in [5.74, 6) is -5.95. The standard InChI is InChI=1S/C14H18F4N2O/c1-9-2-3-10(12(16)11(9)15)13(14(17,18)8-21)20-6-4-19-5-7-20/h2-3,13,19,21H,4-8H2,1H3/t13-/m1/s1. The quantitative estimate of drug-likeness (QED) is 0.833. The molecular formula is C14H18F4N2O. The van der Waals surface area contributed by atoms with Gasteiger partial charge in [-0.1, -0.05) is 12.1 Å². The number of hydrogen-bond acceptors (Lipinski definition) is 3. The molecule has 1 fully saturated rings. The van der Waals surface area contributed by atoms with Crippen LogP contribution in [0.25, 0.3) is 0 Å². The lowest BCUT2D eigenvalue weighted by atomic mass is 9.96. The van der Waals surface area contributed by atoms with Gasteiger partial charge in [-0.3, -0.25) is 4.90 Å². The lowest BCUT2D eigenvalue weighted by Crippen LogP contribution is -2.51. The van der Waals surface area contributed by atoms with E-state index in [1.165, 1.54) is 24.0 Å². The van der Waals surface area contributed by atoms with Gasteiger partial charge in [0.05, 0.1) is 0 Å². The van der Waals surface area contributed by atoms with Gasteiger partial charge in [0.15, 0.2) is 11.6 Å². The second kappa shape index (κ2) is 6.29. The minimum atomic E-state index is -3.56. The van der Waals surface area contributed by atoms with E-state index in [4.69, 9.17) is 5.11 Å². The van der Waals surface area contributed by atoms with E-state index in [1.54, 1.807) is 0 Å². The van der Waals surface area contributed by atoms with E-state index in [9.17, 15) is 17.6 Å². The summed E-state index contributed by atoms with van der Waals surface area (Å²) in [6, 6.07) is 0.764. The van der Waals surface area contributed by atoms with Crippen LogP contribution < -0.4 is 5.32 Å². The highest BCUT2D eigenvalue weighted by Crippen LogP contribution is 2.38. The van der Waals surface area contributed by atoms with Crippen LogP contribution >= 0.6 is 0 Å². The molecule has 0 radical (unpaired) electrons. The average Bonchev–Trinajstić information content (AvgIpc) is 2.48. The fourth-order valence-electron chi connectivity index (χ4n) is 2.59. The zero-order chi connectivity index (χ0) is 15.6. The maximum absolute atomic E-state index is 14.1. The molecule has 3 nitrogen and oxygen atoms in total. The van der Waals surface area contributed by atoms with Crippen LogP contribution in [0.15, 0.2) is 12.1 Å². The number of aliphatic hydroxyl groups excluding tert-OH is 1. The van der Waals surface area contributed by atoms with Gasteiger partial charge in [0.25, 0.3) is 5.92 Å². The first-order valence-corrected chi connectivity index (χ1v) is 6.76. The second-order valence-electron chi connectivity index (χ2n) is 5.21. The van der Waals surface area contributed by atoms with Gasteiger partial charge in [-0.15, -0.1) is 0 Å². The van der Waals surface area contributed by atoms with Crippen molar-refractivity contribution in [3.63, 3.8) is 0 Å². The number of hydrogen-bond donors (Lipinski definition) is 2. The van der Waals surface area contributed by atoms with Crippen LogP contribution in [0, 0.1) is 18.6 Å². The number of alkyl halides is 2. The Morgan fingerprint density at radius 1 is 1.24 bits per heavy atom. The minimum Gasteiger partial charge on any atom is -0.390 e. The van der Waals surface area contributed by atoms with Crippen LogP contribution in [0.2, 0.25) is 0 Å². The summed E-state index contributed by atoms with van der Waals surface area (Å²) in [4.78, 5) is 1.37. The Morgan fingerprint density at radius 3 is 2.43 bits per heavy atom. The van der Waals surface area contributed by atoms with E-state index in [0.29, 0.717) is 13.1 Å². The Bertz CT molecular complexity index is 504. The minimum absolute atomic E-state index is 0.0580. The predicted octanol–water partition coefficient (Wildman–Crippen LogP) is 1.85. The molecule has 0 amide bonds. The van der Waals surface area contributed by atoms with Gasteiger partial charge in [-0.05, 0) is 12.5 Å². The molecule has 7 heteroatoms. The molecule has 0 saturated carbocycles.